The lowest BCUT2D eigenvalue weighted by molar-refractivity contribution is -0.150. The second-order valence-corrected chi connectivity index (χ2v) is 6.45. The van der Waals surface area contributed by atoms with Crippen molar-refractivity contribution >= 4 is 11.9 Å². The van der Waals surface area contributed by atoms with E-state index in [0.29, 0.717) is 5.41 Å². The molecule has 1 heterocycles. The molecule has 2 atom stereocenters. The first-order valence-corrected chi connectivity index (χ1v) is 7.47. The molecule has 0 bridgehead atoms. The molecule has 1 saturated carbocycles. The van der Waals surface area contributed by atoms with Crippen LogP contribution in [0.4, 0.5) is 0 Å². The second kappa shape index (κ2) is 5.51. The molecule has 108 valence electrons. The quantitative estimate of drug-likeness (QED) is 0.855. The zero-order valence-electron chi connectivity index (χ0n) is 12.0. The van der Waals surface area contributed by atoms with Crippen molar-refractivity contribution < 1.29 is 14.7 Å². The zero-order chi connectivity index (χ0) is 14.0. The largest absolute Gasteiger partial charge is 0.481 e. The van der Waals surface area contributed by atoms with E-state index in [9.17, 15) is 9.59 Å². The Morgan fingerprint density at radius 2 is 1.53 bits per heavy atom. The minimum Gasteiger partial charge on any atom is -0.481 e. The maximum absolute atomic E-state index is 12.3. The average molecular weight is 267 g/mol. The number of carboxylic acids is 1. The lowest BCUT2D eigenvalue weighted by Gasteiger charge is -2.40. The number of piperidine rings is 1. The summed E-state index contributed by atoms with van der Waals surface area (Å²) >= 11 is 0. The number of likely N-dealkylation sites (tertiary alicyclic amines) is 1. The second-order valence-electron chi connectivity index (χ2n) is 6.45. The Hall–Kier alpha value is -1.06. The summed E-state index contributed by atoms with van der Waals surface area (Å²) in [5.41, 5.74) is 0.498. The molecule has 2 aliphatic rings. The van der Waals surface area contributed by atoms with Crippen molar-refractivity contribution in [3.05, 3.63) is 0 Å². The molecule has 0 aromatic heterocycles. The van der Waals surface area contributed by atoms with Crippen molar-refractivity contribution in [2.75, 3.05) is 13.1 Å². The molecule has 1 N–H and O–H groups in total. The summed E-state index contributed by atoms with van der Waals surface area (Å²) in [5.74, 6) is -1.89. The molecule has 2 fully saturated rings. The van der Waals surface area contributed by atoms with E-state index < -0.39 is 17.8 Å². The molecular formula is C15H25NO3. The SMILES string of the molecule is CC(C(=O)O)C(C)C(=O)N1CCC2(CCCC2)CC1. The third-order valence-electron chi connectivity index (χ3n) is 5.33. The van der Waals surface area contributed by atoms with Gasteiger partial charge in [0.15, 0.2) is 0 Å². The Kier molecular flexibility index (Phi) is 4.16. The van der Waals surface area contributed by atoms with Crippen LogP contribution in [-0.4, -0.2) is 35.0 Å². The van der Waals surface area contributed by atoms with Crippen LogP contribution in [0.15, 0.2) is 0 Å². The minimum atomic E-state index is -0.884. The zero-order valence-corrected chi connectivity index (χ0v) is 12.0. The molecule has 4 nitrogen and oxygen atoms in total. The van der Waals surface area contributed by atoms with Crippen LogP contribution in [0.5, 0.6) is 0 Å². The first-order valence-electron chi connectivity index (χ1n) is 7.47. The Bertz CT molecular complexity index is 350. The molecule has 2 rings (SSSR count). The Balaban J connectivity index is 1.90. The van der Waals surface area contributed by atoms with E-state index >= 15 is 0 Å². The summed E-state index contributed by atoms with van der Waals surface area (Å²) in [6.07, 6.45) is 7.51. The third kappa shape index (κ3) is 2.93. The topological polar surface area (TPSA) is 57.6 Å². The Labute approximate surface area is 115 Å². The van der Waals surface area contributed by atoms with E-state index in [4.69, 9.17) is 5.11 Å². The number of carboxylic acid groups (broad SMARTS) is 1. The van der Waals surface area contributed by atoms with Gasteiger partial charge in [-0.1, -0.05) is 26.7 Å². The van der Waals surface area contributed by atoms with Gasteiger partial charge in [0.05, 0.1) is 5.92 Å². The molecule has 1 aliphatic heterocycles. The van der Waals surface area contributed by atoms with E-state index in [-0.39, 0.29) is 5.91 Å². The van der Waals surface area contributed by atoms with E-state index in [0.717, 1.165) is 25.9 Å². The molecule has 1 spiro atoms. The van der Waals surface area contributed by atoms with Gasteiger partial charge in [-0.25, -0.2) is 0 Å². The van der Waals surface area contributed by atoms with E-state index in [1.54, 1.807) is 13.8 Å². The highest BCUT2D eigenvalue weighted by Crippen LogP contribution is 2.46. The predicted molar refractivity (Wildman–Crippen MR) is 72.7 cm³/mol. The summed E-state index contributed by atoms with van der Waals surface area (Å²) in [7, 11) is 0. The first kappa shape index (κ1) is 14.4. The van der Waals surface area contributed by atoms with E-state index in [1.165, 1.54) is 25.7 Å². The number of hydrogen-bond acceptors (Lipinski definition) is 2. The lowest BCUT2D eigenvalue weighted by atomic mass is 9.77. The van der Waals surface area contributed by atoms with Crippen molar-refractivity contribution in [3.8, 4) is 0 Å². The predicted octanol–water partition coefficient (Wildman–Crippen LogP) is 2.53. The van der Waals surface area contributed by atoms with Crippen molar-refractivity contribution in [1.29, 1.82) is 0 Å². The van der Waals surface area contributed by atoms with Crippen molar-refractivity contribution in [3.63, 3.8) is 0 Å². The number of aliphatic carboxylic acids is 1. The molecule has 0 aromatic carbocycles. The maximum Gasteiger partial charge on any atom is 0.307 e. The van der Waals surface area contributed by atoms with Gasteiger partial charge in [0.2, 0.25) is 5.91 Å². The van der Waals surface area contributed by atoms with Crippen LogP contribution in [0.25, 0.3) is 0 Å². The fourth-order valence-corrected chi connectivity index (χ4v) is 3.54. The molecule has 1 aliphatic carbocycles. The number of hydrogen-bond donors (Lipinski definition) is 1. The van der Waals surface area contributed by atoms with Gasteiger partial charge in [0.1, 0.15) is 0 Å². The van der Waals surface area contributed by atoms with Crippen molar-refractivity contribution in [2.24, 2.45) is 17.3 Å². The van der Waals surface area contributed by atoms with E-state index in [2.05, 4.69) is 0 Å². The highest BCUT2D eigenvalue weighted by Gasteiger charge is 2.39. The van der Waals surface area contributed by atoms with Gasteiger partial charge in [-0.2, -0.15) is 0 Å². The van der Waals surface area contributed by atoms with Gasteiger partial charge in [-0.05, 0) is 31.1 Å². The highest BCUT2D eigenvalue weighted by molar-refractivity contribution is 5.84. The molecule has 1 saturated heterocycles. The third-order valence-corrected chi connectivity index (χ3v) is 5.33. The fraction of sp³-hybridized carbons (Fsp3) is 0.867. The number of carbonyl (C=O) groups is 2. The molecule has 19 heavy (non-hydrogen) atoms. The highest BCUT2D eigenvalue weighted by atomic mass is 16.4. The summed E-state index contributed by atoms with van der Waals surface area (Å²) in [4.78, 5) is 25.2. The van der Waals surface area contributed by atoms with Crippen LogP contribution in [0.1, 0.15) is 52.4 Å². The fourth-order valence-electron chi connectivity index (χ4n) is 3.54. The van der Waals surface area contributed by atoms with Gasteiger partial charge < -0.3 is 10.0 Å². The van der Waals surface area contributed by atoms with Crippen LogP contribution in [0.2, 0.25) is 0 Å². The first-order chi connectivity index (χ1) is 8.95. The van der Waals surface area contributed by atoms with E-state index in [1.807, 2.05) is 4.90 Å². The molecule has 1 amide bonds. The van der Waals surface area contributed by atoms with Crippen LogP contribution in [-0.2, 0) is 9.59 Å². The molecular weight excluding hydrogens is 242 g/mol. The standard InChI is InChI=1S/C15H25NO3/c1-11(12(2)14(18)19)13(17)16-9-7-15(8-10-16)5-3-4-6-15/h11-12H,3-10H2,1-2H3,(H,18,19). The maximum atomic E-state index is 12.3. The summed E-state index contributed by atoms with van der Waals surface area (Å²) in [6, 6.07) is 0. The number of carbonyl (C=O) groups excluding carboxylic acids is 1. The summed E-state index contributed by atoms with van der Waals surface area (Å²) < 4.78 is 0. The van der Waals surface area contributed by atoms with Crippen molar-refractivity contribution in [1.82, 2.24) is 4.90 Å². The van der Waals surface area contributed by atoms with Crippen molar-refractivity contribution in [2.45, 2.75) is 52.4 Å². The van der Waals surface area contributed by atoms with Gasteiger partial charge in [0.25, 0.3) is 0 Å². The smallest absolute Gasteiger partial charge is 0.307 e. The molecule has 0 aromatic rings. The minimum absolute atomic E-state index is 0.0164. The van der Waals surface area contributed by atoms with Crippen LogP contribution < -0.4 is 0 Å². The Morgan fingerprint density at radius 3 is 2.00 bits per heavy atom. The van der Waals surface area contributed by atoms with Gasteiger partial charge >= 0.3 is 5.97 Å². The number of rotatable bonds is 3. The Morgan fingerprint density at radius 1 is 1.00 bits per heavy atom. The molecule has 4 heteroatoms. The average Bonchev–Trinajstić information content (AvgIpc) is 2.85. The normalized spacial score (nSPS) is 25.3. The lowest BCUT2D eigenvalue weighted by Crippen LogP contribution is -2.46. The number of amides is 1. The van der Waals surface area contributed by atoms with Gasteiger partial charge in [-0.15, -0.1) is 0 Å². The summed E-state index contributed by atoms with van der Waals surface area (Å²) in [5, 5.41) is 9.00. The molecule has 2 unspecified atom stereocenters. The van der Waals surface area contributed by atoms with Crippen LogP contribution in [0.3, 0.4) is 0 Å². The van der Waals surface area contributed by atoms with Gasteiger partial charge in [0, 0.05) is 19.0 Å². The molecule has 0 radical (unpaired) electrons. The van der Waals surface area contributed by atoms with Gasteiger partial charge in [-0.3, -0.25) is 9.59 Å². The summed E-state index contributed by atoms with van der Waals surface area (Å²) in [6.45, 7) is 4.99. The van der Waals surface area contributed by atoms with Crippen LogP contribution >= 0.6 is 0 Å². The van der Waals surface area contributed by atoms with Crippen LogP contribution in [0, 0.1) is 17.3 Å². The monoisotopic (exact) mass is 267 g/mol. The number of nitrogens with zero attached hydrogens (tertiary/aromatic N) is 1.